The first kappa shape index (κ1) is 19.4. The van der Waals surface area contributed by atoms with E-state index in [9.17, 15) is 9.59 Å². The molecule has 8 heteroatoms. The summed E-state index contributed by atoms with van der Waals surface area (Å²) in [6, 6.07) is 11.2. The zero-order valence-electron chi connectivity index (χ0n) is 15.4. The lowest BCUT2D eigenvalue weighted by atomic mass is 10.1. The van der Waals surface area contributed by atoms with Gasteiger partial charge in [0, 0.05) is 11.6 Å². The summed E-state index contributed by atoms with van der Waals surface area (Å²) in [5, 5.41) is 4.87. The molecule has 144 valence electrons. The quantitative estimate of drug-likeness (QED) is 0.510. The second-order valence-corrected chi connectivity index (χ2v) is 6.55. The monoisotopic (exact) mass is 398 g/mol. The summed E-state index contributed by atoms with van der Waals surface area (Å²) in [6.45, 7) is 4.37. The fourth-order valence-electron chi connectivity index (χ4n) is 2.52. The molecule has 0 aliphatic heterocycles. The van der Waals surface area contributed by atoms with Crippen molar-refractivity contribution >= 4 is 29.5 Å². The van der Waals surface area contributed by atoms with Crippen LogP contribution in [-0.4, -0.2) is 21.6 Å². The number of furan rings is 1. The summed E-state index contributed by atoms with van der Waals surface area (Å²) in [5.74, 6) is -0.964. The van der Waals surface area contributed by atoms with Gasteiger partial charge in [0.25, 0.3) is 5.91 Å². The van der Waals surface area contributed by atoms with Crippen molar-refractivity contribution < 1.29 is 14.0 Å². The molecule has 2 aromatic heterocycles. The number of carbonyl (C=O) groups is 2. The number of nitrogens with one attached hydrogen (secondary N) is 2. The van der Waals surface area contributed by atoms with Gasteiger partial charge in [-0.3, -0.25) is 20.4 Å². The van der Waals surface area contributed by atoms with Gasteiger partial charge in [-0.05, 0) is 37.6 Å². The van der Waals surface area contributed by atoms with E-state index in [1.807, 2.05) is 38.1 Å². The molecule has 2 amide bonds. The highest BCUT2D eigenvalue weighted by atomic mass is 35.5. The van der Waals surface area contributed by atoms with E-state index in [-0.39, 0.29) is 5.76 Å². The number of aryl methyl sites for hydroxylation is 2. The first-order valence-electron chi connectivity index (χ1n) is 8.54. The summed E-state index contributed by atoms with van der Waals surface area (Å²) in [4.78, 5) is 23.6. The van der Waals surface area contributed by atoms with Crippen molar-refractivity contribution in [3.8, 4) is 0 Å². The molecule has 0 atom stereocenters. The minimum absolute atomic E-state index is 0.0977. The zero-order valence-corrected chi connectivity index (χ0v) is 16.2. The Kier molecular flexibility index (Phi) is 5.96. The highest BCUT2D eigenvalue weighted by Gasteiger charge is 2.12. The molecular weight excluding hydrogens is 380 g/mol. The van der Waals surface area contributed by atoms with Gasteiger partial charge in [-0.2, -0.15) is 5.10 Å². The van der Waals surface area contributed by atoms with E-state index < -0.39 is 11.8 Å². The van der Waals surface area contributed by atoms with Crippen LogP contribution in [0.4, 0.5) is 0 Å². The Labute approximate surface area is 167 Å². The molecule has 7 nitrogen and oxygen atoms in total. The number of hydrogen-bond donors (Lipinski definition) is 2. The van der Waals surface area contributed by atoms with E-state index in [2.05, 4.69) is 16.0 Å². The molecule has 1 aromatic carbocycles. The molecule has 0 bridgehead atoms. The second kappa shape index (κ2) is 8.58. The van der Waals surface area contributed by atoms with Gasteiger partial charge in [-0.15, -0.1) is 0 Å². The number of nitrogens with zero attached hydrogens (tertiary/aromatic N) is 2. The number of carbonyl (C=O) groups excluding carboxylic acids is 2. The molecule has 0 saturated heterocycles. The van der Waals surface area contributed by atoms with E-state index in [0.29, 0.717) is 23.0 Å². The number of rotatable bonds is 5. The molecule has 0 saturated carbocycles. The largest absolute Gasteiger partial charge is 0.459 e. The highest BCUT2D eigenvalue weighted by molar-refractivity contribution is 6.31. The molecule has 0 spiro atoms. The molecule has 0 aliphatic carbocycles. The molecule has 28 heavy (non-hydrogen) atoms. The Bertz CT molecular complexity index is 1010. The fraction of sp³-hybridized carbons (Fsp3) is 0.150. The normalized spacial score (nSPS) is 11.0. The maximum absolute atomic E-state index is 11.9. The summed E-state index contributed by atoms with van der Waals surface area (Å²) < 4.78 is 6.61. The number of hydrogen-bond acceptors (Lipinski definition) is 4. The third kappa shape index (κ3) is 4.69. The van der Waals surface area contributed by atoms with Crippen molar-refractivity contribution in [2.24, 2.45) is 0 Å². The van der Waals surface area contributed by atoms with Crippen LogP contribution in [0.2, 0.25) is 5.15 Å². The zero-order chi connectivity index (χ0) is 20.1. The Morgan fingerprint density at radius 2 is 1.93 bits per heavy atom. The van der Waals surface area contributed by atoms with Gasteiger partial charge in [-0.25, -0.2) is 4.68 Å². The van der Waals surface area contributed by atoms with E-state index >= 15 is 0 Å². The summed E-state index contributed by atoms with van der Waals surface area (Å²) in [5.41, 5.74) is 8.12. The third-order valence-electron chi connectivity index (χ3n) is 4.01. The Balaban J connectivity index is 1.63. The molecule has 2 heterocycles. The van der Waals surface area contributed by atoms with Crippen molar-refractivity contribution in [3.05, 3.63) is 82.0 Å². The lowest BCUT2D eigenvalue weighted by Gasteiger charge is -2.04. The third-order valence-corrected chi connectivity index (χ3v) is 4.41. The lowest BCUT2D eigenvalue weighted by Crippen LogP contribution is -2.40. The fourth-order valence-corrected chi connectivity index (χ4v) is 2.81. The number of hydrazine groups is 1. The van der Waals surface area contributed by atoms with Gasteiger partial charge >= 0.3 is 5.91 Å². The number of aromatic nitrogens is 2. The summed E-state index contributed by atoms with van der Waals surface area (Å²) in [6.07, 6.45) is 4.20. The predicted molar refractivity (Wildman–Crippen MR) is 106 cm³/mol. The average Bonchev–Trinajstić information content (AvgIpc) is 3.30. The van der Waals surface area contributed by atoms with Crippen LogP contribution in [0.25, 0.3) is 6.08 Å². The van der Waals surface area contributed by atoms with Crippen molar-refractivity contribution in [1.29, 1.82) is 0 Å². The minimum Gasteiger partial charge on any atom is -0.459 e. The number of amides is 2. The van der Waals surface area contributed by atoms with E-state index in [4.69, 9.17) is 16.0 Å². The van der Waals surface area contributed by atoms with Crippen LogP contribution in [0, 0.1) is 13.8 Å². The Morgan fingerprint density at radius 1 is 1.18 bits per heavy atom. The van der Waals surface area contributed by atoms with Crippen LogP contribution in [0.15, 0.2) is 53.2 Å². The Hall–Kier alpha value is -3.32. The van der Waals surface area contributed by atoms with Crippen molar-refractivity contribution in [1.82, 2.24) is 20.6 Å². The van der Waals surface area contributed by atoms with Crippen LogP contribution in [0.1, 0.15) is 32.9 Å². The highest BCUT2D eigenvalue weighted by Crippen LogP contribution is 2.22. The van der Waals surface area contributed by atoms with Crippen LogP contribution < -0.4 is 10.9 Å². The van der Waals surface area contributed by atoms with Gasteiger partial charge in [0.05, 0.1) is 18.5 Å². The first-order valence-corrected chi connectivity index (χ1v) is 8.92. The SMILES string of the molecule is Cc1ccc(Cn2nc(C)c(/C=C/C(=O)NNC(=O)c3ccco3)c2Cl)cc1. The van der Waals surface area contributed by atoms with Gasteiger partial charge in [-0.1, -0.05) is 41.4 Å². The predicted octanol–water partition coefficient (Wildman–Crippen LogP) is 3.27. The molecule has 3 rings (SSSR count). The standard InChI is InChI=1S/C20H19ClN4O3/c1-13-5-7-15(8-6-13)12-25-19(21)16(14(2)24-25)9-10-18(26)22-23-20(27)17-4-3-11-28-17/h3-11H,12H2,1-2H3,(H,22,26)(H,23,27)/b10-9+. The summed E-state index contributed by atoms with van der Waals surface area (Å²) in [7, 11) is 0. The van der Waals surface area contributed by atoms with Crippen molar-refractivity contribution in [2.45, 2.75) is 20.4 Å². The average molecular weight is 399 g/mol. The molecule has 0 unspecified atom stereocenters. The molecule has 0 fully saturated rings. The molecule has 0 radical (unpaired) electrons. The van der Waals surface area contributed by atoms with Gasteiger partial charge < -0.3 is 4.42 Å². The number of halogens is 1. The van der Waals surface area contributed by atoms with E-state index in [1.54, 1.807) is 16.8 Å². The maximum Gasteiger partial charge on any atom is 0.305 e. The Morgan fingerprint density at radius 3 is 2.61 bits per heavy atom. The summed E-state index contributed by atoms with van der Waals surface area (Å²) >= 11 is 6.42. The van der Waals surface area contributed by atoms with Crippen LogP contribution in [-0.2, 0) is 11.3 Å². The lowest BCUT2D eigenvalue weighted by molar-refractivity contribution is -0.117. The van der Waals surface area contributed by atoms with Crippen molar-refractivity contribution in [3.63, 3.8) is 0 Å². The van der Waals surface area contributed by atoms with Crippen molar-refractivity contribution in [2.75, 3.05) is 0 Å². The van der Waals surface area contributed by atoms with Crippen LogP contribution in [0.3, 0.4) is 0 Å². The first-order chi connectivity index (χ1) is 13.4. The molecule has 3 aromatic rings. The van der Waals surface area contributed by atoms with Crippen LogP contribution >= 0.6 is 11.6 Å². The van der Waals surface area contributed by atoms with Gasteiger partial charge in [0.2, 0.25) is 0 Å². The van der Waals surface area contributed by atoms with E-state index in [0.717, 1.165) is 5.56 Å². The van der Waals surface area contributed by atoms with Gasteiger partial charge in [0.15, 0.2) is 5.76 Å². The minimum atomic E-state index is -0.549. The molecular formula is C20H19ClN4O3. The second-order valence-electron chi connectivity index (χ2n) is 6.19. The topological polar surface area (TPSA) is 89.2 Å². The van der Waals surface area contributed by atoms with E-state index in [1.165, 1.54) is 24.0 Å². The van der Waals surface area contributed by atoms with Gasteiger partial charge in [0.1, 0.15) is 5.15 Å². The molecule has 0 aliphatic rings. The molecule has 2 N–H and O–H groups in total. The smallest absolute Gasteiger partial charge is 0.305 e. The van der Waals surface area contributed by atoms with Crippen LogP contribution in [0.5, 0.6) is 0 Å². The number of benzene rings is 1. The maximum atomic E-state index is 11.9.